The molecule has 0 unspecified atom stereocenters. The second kappa shape index (κ2) is 4.00. The zero-order chi connectivity index (χ0) is 11.7. The van der Waals surface area contributed by atoms with Crippen LogP contribution in [-0.2, 0) is 18.9 Å². The minimum atomic E-state index is -0.815. The smallest absolute Gasteiger partial charge is 0.262 e. The highest BCUT2D eigenvalue weighted by molar-refractivity contribution is 6.54. The van der Waals surface area contributed by atoms with Crippen LogP contribution in [0.1, 0.15) is 0 Å². The zero-order valence-electron chi connectivity index (χ0n) is 9.34. The molecule has 2 rings (SSSR count). The van der Waals surface area contributed by atoms with Gasteiger partial charge in [-0.2, -0.15) is 7.28 Å². The summed E-state index contributed by atoms with van der Waals surface area (Å²) in [5.74, 6) is -0.815. The van der Waals surface area contributed by atoms with E-state index in [1.54, 1.807) is 7.28 Å². The molecule has 0 bridgehead atoms. The molecule has 0 amide bonds. The Kier molecular flexibility index (Phi) is 2.68. The molecule has 0 aliphatic heterocycles. The van der Waals surface area contributed by atoms with E-state index in [1.807, 2.05) is 47.5 Å². The number of carboxylic acid groups (broad SMARTS) is 1. The molecule has 4 nitrogen and oxygen atoms in total. The maximum absolute atomic E-state index is 10.6. The number of hydrogen-bond donors (Lipinski definition) is 1. The second-order valence-corrected chi connectivity index (χ2v) is 3.77. The molecule has 1 aromatic heterocycles. The van der Waals surface area contributed by atoms with Crippen LogP contribution in [-0.4, -0.2) is 22.9 Å². The molecule has 0 aliphatic rings. The third-order valence-electron chi connectivity index (χ3n) is 2.75. The Hall–Kier alpha value is -1.78. The summed E-state index contributed by atoms with van der Waals surface area (Å²) in [6, 6.07) is 7.99. The summed E-state index contributed by atoms with van der Waals surface area (Å²) in [5.41, 5.74) is 3.10. The Morgan fingerprint density at radius 3 is 2.81 bits per heavy atom. The van der Waals surface area contributed by atoms with E-state index in [9.17, 15) is 4.79 Å². The van der Waals surface area contributed by atoms with Gasteiger partial charge in [0.15, 0.2) is 11.0 Å². The fraction of sp³-hybridized carbons (Fsp3) is 0.273. The van der Waals surface area contributed by atoms with Crippen molar-refractivity contribution in [1.82, 2.24) is 4.57 Å². The minimum absolute atomic E-state index is 0.0397. The zero-order valence-corrected chi connectivity index (χ0v) is 9.34. The van der Waals surface area contributed by atoms with Gasteiger partial charge < -0.3 is 5.11 Å². The van der Waals surface area contributed by atoms with Crippen LogP contribution in [0.4, 0.5) is 0 Å². The van der Waals surface area contributed by atoms with Gasteiger partial charge in [-0.3, -0.25) is 13.9 Å². The van der Waals surface area contributed by atoms with Gasteiger partial charge in [0, 0.05) is 5.72 Å². The van der Waals surface area contributed by atoms with Crippen molar-refractivity contribution in [2.24, 2.45) is 14.1 Å². The number of hydrogen-bond acceptors (Lipinski definition) is 1. The Morgan fingerprint density at radius 1 is 1.50 bits per heavy atom. The molecule has 0 spiro atoms. The van der Waals surface area contributed by atoms with Gasteiger partial charge in [-0.05, 0) is 12.1 Å². The molecule has 0 atom stereocenters. The maximum Gasteiger partial charge on any atom is 0.262 e. The number of aryl methyl sites for hydroxylation is 2. The van der Waals surface area contributed by atoms with Crippen molar-refractivity contribution in [3.05, 3.63) is 24.3 Å². The van der Waals surface area contributed by atoms with Crippen LogP contribution in [0.5, 0.6) is 0 Å². The van der Waals surface area contributed by atoms with Crippen molar-refractivity contribution >= 4 is 30.0 Å². The molecule has 2 aromatic rings. The van der Waals surface area contributed by atoms with Crippen molar-refractivity contribution in [3.8, 4) is 0 Å². The molecular weight excluding hydrogens is 203 g/mol. The highest BCUT2D eigenvalue weighted by Gasteiger charge is 2.11. The molecule has 0 aliphatic carbocycles. The number of fused-ring (bicyclic) bond motifs is 1. The molecule has 1 heterocycles. The summed E-state index contributed by atoms with van der Waals surface area (Å²) in [5, 5.41) is 8.68. The summed E-state index contributed by atoms with van der Waals surface area (Å²) in [6.45, 7) is 0. The summed E-state index contributed by atoms with van der Waals surface area (Å²) in [7, 11) is 5.61. The van der Waals surface area contributed by atoms with Gasteiger partial charge in [-0.1, -0.05) is 12.1 Å². The highest BCUT2D eigenvalue weighted by Crippen LogP contribution is 2.06. The number of para-hydroxylation sites is 2. The van der Waals surface area contributed by atoms with Gasteiger partial charge in [0.1, 0.15) is 0 Å². The van der Waals surface area contributed by atoms with Crippen molar-refractivity contribution < 1.29 is 14.5 Å². The van der Waals surface area contributed by atoms with Crippen molar-refractivity contribution in [2.45, 2.75) is 6.32 Å². The maximum atomic E-state index is 10.6. The van der Waals surface area contributed by atoms with Crippen LogP contribution in [0.15, 0.2) is 24.3 Å². The number of aromatic nitrogens is 2. The molecule has 1 N–H and O–H groups in total. The number of carboxylic acids is 1. The first-order valence-electron chi connectivity index (χ1n) is 5.09. The van der Waals surface area contributed by atoms with Crippen LogP contribution < -0.4 is 10.3 Å². The van der Waals surface area contributed by atoms with Gasteiger partial charge in [0.2, 0.25) is 0 Å². The van der Waals surface area contributed by atoms with Crippen LogP contribution >= 0.6 is 0 Å². The first kappa shape index (κ1) is 10.7. The van der Waals surface area contributed by atoms with Gasteiger partial charge in [0.25, 0.3) is 5.97 Å². The van der Waals surface area contributed by atoms with E-state index < -0.39 is 5.97 Å². The predicted molar refractivity (Wildman–Crippen MR) is 61.9 cm³/mol. The van der Waals surface area contributed by atoms with Crippen LogP contribution in [0.3, 0.4) is 0 Å². The third-order valence-corrected chi connectivity index (χ3v) is 2.75. The monoisotopic (exact) mass is 216 g/mol. The number of aliphatic carboxylic acids is 1. The largest absolute Gasteiger partial charge is 0.484 e. The van der Waals surface area contributed by atoms with E-state index in [4.69, 9.17) is 5.11 Å². The van der Waals surface area contributed by atoms with Gasteiger partial charge in [0.05, 0.1) is 14.1 Å². The van der Waals surface area contributed by atoms with Crippen LogP contribution in [0.2, 0.25) is 6.32 Å². The summed E-state index contributed by atoms with van der Waals surface area (Å²) in [4.78, 5) is 10.6. The van der Waals surface area contributed by atoms with Gasteiger partial charge in [-0.25, -0.2) is 0 Å². The summed E-state index contributed by atoms with van der Waals surface area (Å²) >= 11 is 0. The molecule has 1 aromatic carbocycles. The Bertz CT molecular complexity index is 509. The lowest BCUT2D eigenvalue weighted by Crippen LogP contribution is -2.50. The number of nitrogens with zero attached hydrogens (tertiary/aromatic N) is 2. The molecule has 0 fully saturated rings. The average molecular weight is 216 g/mol. The summed E-state index contributed by atoms with van der Waals surface area (Å²) in [6.07, 6.45) is 0.0397. The lowest BCUT2D eigenvalue weighted by molar-refractivity contribution is -0.627. The number of carbonyl (C=O) groups is 1. The van der Waals surface area contributed by atoms with Crippen molar-refractivity contribution in [3.63, 3.8) is 0 Å². The van der Waals surface area contributed by atoms with Gasteiger partial charge >= 0.3 is 0 Å². The molecule has 0 saturated carbocycles. The van der Waals surface area contributed by atoms with Crippen molar-refractivity contribution in [1.29, 1.82) is 0 Å². The number of benzene rings is 1. The molecule has 2 radical (unpaired) electrons. The molecular formula is C11H13BN2O2. The quantitative estimate of drug-likeness (QED) is 0.572. The van der Waals surface area contributed by atoms with E-state index in [0.717, 1.165) is 16.8 Å². The fourth-order valence-corrected chi connectivity index (χ4v) is 1.96. The molecule has 0 saturated heterocycles. The third kappa shape index (κ3) is 1.69. The first-order chi connectivity index (χ1) is 7.61. The lowest BCUT2D eigenvalue weighted by atomic mass is 9.73. The van der Waals surface area contributed by atoms with Crippen LogP contribution in [0, 0.1) is 0 Å². The average Bonchev–Trinajstić information content (AvgIpc) is 2.50. The Balaban J connectivity index is 2.48. The normalized spacial score (nSPS) is 10.9. The number of rotatable bonds is 3. The van der Waals surface area contributed by atoms with E-state index in [-0.39, 0.29) is 6.32 Å². The lowest BCUT2D eigenvalue weighted by Gasteiger charge is -2.09. The Morgan fingerprint density at radius 2 is 2.19 bits per heavy atom. The van der Waals surface area contributed by atoms with Crippen molar-refractivity contribution in [2.75, 3.05) is 0 Å². The summed E-state index contributed by atoms with van der Waals surface area (Å²) < 4.78 is 4.00. The molecule has 82 valence electrons. The van der Waals surface area contributed by atoms with E-state index in [0.29, 0.717) is 0 Å². The van der Waals surface area contributed by atoms with E-state index >= 15 is 0 Å². The first-order valence-corrected chi connectivity index (χ1v) is 5.09. The standard InChI is InChI=1S/C11H12BN2O2/c1-13-8-5-3-4-6-9(8)14(2)11(13)12-7-10(15)16/h3-6H,7H2,1-2H3/q-1/p+1. The predicted octanol–water partition coefficient (Wildman–Crippen LogP) is -0.165. The van der Waals surface area contributed by atoms with Crippen LogP contribution in [0.25, 0.3) is 11.0 Å². The minimum Gasteiger partial charge on any atom is -0.484 e. The second-order valence-electron chi connectivity index (χ2n) is 3.77. The topological polar surface area (TPSA) is 46.1 Å². The SMILES string of the molecule is Cn1c([B-]CC(=O)O)[n+](C)c2ccccc21. The van der Waals surface area contributed by atoms with E-state index in [1.165, 1.54) is 0 Å². The fourth-order valence-electron chi connectivity index (χ4n) is 1.96. The van der Waals surface area contributed by atoms with E-state index in [2.05, 4.69) is 0 Å². The van der Waals surface area contributed by atoms with Gasteiger partial charge in [-0.15, -0.1) is 6.32 Å². The Labute approximate surface area is 94.4 Å². The molecule has 16 heavy (non-hydrogen) atoms. The number of imidazole rings is 1. The molecule has 5 heteroatoms. The highest BCUT2D eigenvalue weighted by atomic mass is 16.4.